The molecule has 0 unspecified atom stereocenters. The van der Waals surface area contributed by atoms with E-state index in [0.717, 1.165) is 5.56 Å². The normalized spacial score (nSPS) is 18.1. The summed E-state index contributed by atoms with van der Waals surface area (Å²) in [6.45, 7) is 4.36. The largest absolute Gasteiger partial charge is 0.340 e. The van der Waals surface area contributed by atoms with Crippen molar-refractivity contribution in [1.29, 1.82) is 0 Å². The van der Waals surface area contributed by atoms with E-state index in [2.05, 4.69) is 5.32 Å². The number of hydrogen-bond donors (Lipinski definition) is 1. The lowest BCUT2D eigenvalue weighted by atomic mass is 9.88. The summed E-state index contributed by atoms with van der Waals surface area (Å²) in [6, 6.07) is 7.36. The number of rotatable bonds is 4. The van der Waals surface area contributed by atoms with Crippen molar-refractivity contribution in [2.45, 2.75) is 38.8 Å². The second-order valence-corrected chi connectivity index (χ2v) is 5.56. The molecular formula is C15H19ClN2O2. The van der Waals surface area contributed by atoms with Crippen LogP contribution in [0.1, 0.15) is 32.3 Å². The number of piperazine rings is 1. The topological polar surface area (TPSA) is 49.4 Å². The van der Waals surface area contributed by atoms with Gasteiger partial charge in [-0.05, 0) is 30.5 Å². The highest BCUT2D eigenvalue weighted by molar-refractivity contribution is 6.30. The second-order valence-electron chi connectivity index (χ2n) is 5.13. The van der Waals surface area contributed by atoms with Crippen LogP contribution in [0.25, 0.3) is 0 Å². The molecule has 1 aromatic carbocycles. The first-order valence-electron chi connectivity index (χ1n) is 6.85. The smallest absolute Gasteiger partial charge is 0.249 e. The van der Waals surface area contributed by atoms with Gasteiger partial charge in [0, 0.05) is 11.6 Å². The highest BCUT2D eigenvalue weighted by Crippen LogP contribution is 2.24. The molecule has 0 bridgehead atoms. The summed E-state index contributed by atoms with van der Waals surface area (Å²) in [7, 11) is 0. The second kappa shape index (κ2) is 5.83. The van der Waals surface area contributed by atoms with E-state index in [9.17, 15) is 9.59 Å². The molecule has 20 heavy (non-hydrogen) atoms. The van der Waals surface area contributed by atoms with Crippen LogP contribution in [0.3, 0.4) is 0 Å². The summed E-state index contributed by atoms with van der Waals surface area (Å²) < 4.78 is 0. The van der Waals surface area contributed by atoms with Gasteiger partial charge >= 0.3 is 0 Å². The lowest BCUT2D eigenvalue weighted by molar-refractivity contribution is -0.151. The van der Waals surface area contributed by atoms with Crippen molar-refractivity contribution in [2.75, 3.05) is 6.54 Å². The number of carbonyl (C=O) groups excluding carboxylic acids is 2. The van der Waals surface area contributed by atoms with Crippen molar-refractivity contribution in [2.24, 2.45) is 0 Å². The summed E-state index contributed by atoms with van der Waals surface area (Å²) in [4.78, 5) is 26.1. The van der Waals surface area contributed by atoms with Crippen molar-refractivity contribution in [3.63, 3.8) is 0 Å². The van der Waals surface area contributed by atoms with Gasteiger partial charge in [-0.15, -0.1) is 0 Å². The van der Waals surface area contributed by atoms with Gasteiger partial charge in [0.2, 0.25) is 11.8 Å². The number of carbonyl (C=O) groups is 2. The Morgan fingerprint density at radius 1 is 1.30 bits per heavy atom. The maximum Gasteiger partial charge on any atom is 0.249 e. The van der Waals surface area contributed by atoms with Crippen LogP contribution < -0.4 is 5.32 Å². The molecule has 1 aliphatic rings. The number of amides is 2. The van der Waals surface area contributed by atoms with Crippen LogP contribution in [0.4, 0.5) is 0 Å². The zero-order chi connectivity index (χ0) is 14.8. The number of nitrogens with one attached hydrogen (secondary N) is 1. The number of benzene rings is 1. The first-order chi connectivity index (χ1) is 9.50. The molecule has 5 heteroatoms. The van der Waals surface area contributed by atoms with Gasteiger partial charge in [0.05, 0.1) is 6.54 Å². The van der Waals surface area contributed by atoms with Gasteiger partial charge in [0.25, 0.3) is 0 Å². The molecule has 0 saturated carbocycles. The predicted molar refractivity (Wildman–Crippen MR) is 78.3 cm³/mol. The average Bonchev–Trinajstić information content (AvgIpc) is 2.42. The van der Waals surface area contributed by atoms with Crippen LogP contribution in [-0.2, 0) is 16.1 Å². The van der Waals surface area contributed by atoms with Crippen molar-refractivity contribution in [3.8, 4) is 0 Å². The van der Waals surface area contributed by atoms with E-state index in [1.54, 1.807) is 11.0 Å². The Labute approximate surface area is 124 Å². The summed E-state index contributed by atoms with van der Waals surface area (Å²) in [5.74, 6) is -0.114. The van der Waals surface area contributed by atoms with E-state index in [4.69, 9.17) is 11.6 Å². The Kier molecular flexibility index (Phi) is 4.33. The molecule has 0 aliphatic carbocycles. The van der Waals surface area contributed by atoms with Crippen LogP contribution >= 0.6 is 11.6 Å². The van der Waals surface area contributed by atoms with Gasteiger partial charge < -0.3 is 10.2 Å². The molecule has 0 spiro atoms. The Morgan fingerprint density at radius 2 is 2.00 bits per heavy atom. The molecule has 0 aromatic heterocycles. The van der Waals surface area contributed by atoms with Gasteiger partial charge in [0.1, 0.15) is 5.54 Å². The van der Waals surface area contributed by atoms with Gasteiger partial charge in [-0.3, -0.25) is 9.59 Å². The molecule has 0 radical (unpaired) electrons. The quantitative estimate of drug-likeness (QED) is 0.927. The van der Waals surface area contributed by atoms with Crippen molar-refractivity contribution in [3.05, 3.63) is 34.9 Å². The molecule has 4 nitrogen and oxygen atoms in total. The summed E-state index contributed by atoms with van der Waals surface area (Å²) >= 11 is 5.96. The molecular weight excluding hydrogens is 276 g/mol. The summed E-state index contributed by atoms with van der Waals surface area (Å²) in [5, 5.41) is 3.48. The van der Waals surface area contributed by atoms with Gasteiger partial charge in [-0.2, -0.15) is 0 Å². The molecule has 1 heterocycles. The number of halogens is 1. The van der Waals surface area contributed by atoms with E-state index in [-0.39, 0.29) is 18.4 Å². The number of nitrogens with zero attached hydrogens (tertiary/aromatic N) is 1. The van der Waals surface area contributed by atoms with Crippen molar-refractivity contribution in [1.82, 2.24) is 10.2 Å². The fourth-order valence-corrected chi connectivity index (χ4v) is 2.83. The Bertz CT molecular complexity index is 526. The third-order valence-corrected chi connectivity index (χ3v) is 4.11. The zero-order valence-corrected chi connectivity index (χ0v) is 12.5. The van der Waals surface area contributed by atoms with E-state index in [1.807, 2.05) is 32.0 Å². The predicted octanol–water partition coefficient (Wildman–Crippen LogP) is 2.36. The highest BCUT2D eigenvalue weighted by atomic mass is 35.5. The zero-order valence-electron chi connectivity index (χ0n) is 11.8. The Morgan fingerprint density at radius 3 is 2.60 bits per heavy atom. The molecule has 1 saturated heterocycles. The van der Waals surface area contributed by atoms with Crippen LogP contribution in [-0.4, -0.2) is 28.8 Å². The Balaban J connectivity index is 2.22. The van der Waals surface area contributed by atoms with E-state index in [0.29, 0.717) is 24.4 Å². The standard InChI is InChI=1S/C15H19ClN2O2/c1-3-15(4-2)14(20)18(10-13(19)17-15)9-11-6-5-7-12(16)8-11/h5-8H,3-4,9-10H2,1-2H3,(H,17,19). The molecule has 2 amide bonds. The van der Waals surface area contributed by atoms with Crippen molar-refractivity contribution < 1.29 is 9.59 Å². The molecule has 1 N–H and O–H groups in total. The van der Waals surface area contributed by atoms with Crippen LogP contribution in [0, 0.1) is 0 Å². The molecule has 2 rings (SSSR count). The maximum absolute atomic E-state index is 12.6. The monoisotopic (exact) mass is 294 g/mol. The van der Waals surface area contributed by atoms with E-state index >= 15 is 0 Å². The average molecular weight is 295 g/mol. The van der Waals surface area contributed by atoms with Crippen LogP contribution in [0.2, 0.25) is 5.02 Å². The van der Waals surface area contributed by atoms with Crippen LogP contribution in [0.5, 0.6) is 0 Å². The third-order valence-electron chi connectivity index (χ3n) is 3.88. The molecule has 1 fully saturated rings. The van der Waals surface area contributed by atoms with Gasteiger partial charge in [0.15, 0.2) is 0 Å². The minimum Gasteiger partial charge on any atom is -0.340 e. The lowest BCUT2D eigenvalue weighted by Crippen LogP contribution is -2.65. The van der Waals surface area contributed by atoms with Crippen LogP contribution in [0.15, 0.2) is 24.3 Å². The molecule has 1 aromatic rings. The molecule has 108 valence electrons. The molecule has 0 atom stereocenters. The minimum absolute atomic E-state index is 0.0120. The summed E-state index contributed by atoms with van der Waals surface area (Å²) in [5.41, 5.74) is 0.176. The maximum atomic E-state index is 12.6. The van der Waals surface area contributed by atoms with E-state index < -0.39 is 5.54 Å². The highest BCUT2D eigenvalue weighted by Gasteiger charge is 2.43. The minimum atomic E-state index is -0.756. The molecule has 1 aliphatic heterocycles. The fraction of sp³-hybridized carbons (Fsp3) is 0.467. The SMILES string of the molecule is CCC1(CC)NC(=O)CN(Cc2cccc(Cl)c2)C1=O. The van der Waals surface area contributed by atoms with Gasteiger partial charge in [-0.1, -0.05) is 37.6 Å². The third kappa shape index (κ3) is 2.80. The van der Waals surface area contributed by atoms with Crippen molar-refractivity contribution >= 4 is 23.4 Å². The summed E-state index contributed by atoms with van der Waals surface area (Å²) in [6.07, 6.45) is 1.19. The van der Waals surface area contributed by atoms with E-state index in [1.165, 1.54) is 0 Å². The first kappa shape index (κ1) is 14.9. The fourth-order valence-electron chi connectivity index (χ4n) is 2.62. The first-order valence-corrected chi connectivity index (χ1v) is 7.23. The lowest BCUT2D eigenvalue weighted by Gasteiger charge is -2.41. The Hall–Kier alpha value is -1.55. The van der Waals surface area contributed by atoms with Gasteiger partial charge in [-0.25, -0.2) is 0 Å². The number of hydrogen-bond acceptors (Lipinski definition) is 2.